The Kier molecular flexibility index (Phi) is 7.10. The number of aryl methyl sites for hydroxylation is 1. The number of hydrogen-bond donors (Lipinski definition) is 2. The highest BCUT2D eigenvalue weighted by Gasteiger charge is 2.28. The van der Waals surface area contributed by atoms with Crippen molar-refractivity contribution >= 4 is 38.7 Å². The average molecular weight is 609 g/mol. The summed E-state index contributed by atoms with van der Waals surface area (Å²) >= 11 is 2.85. The Morgan fingerprint density at radius 2 is 1.88 bits per heavy atom. The second-order valence-corrected chi connectivity index (χ2v) is 13.6. The molecule has 0 bridgehead atoms. The summed E-state index contributed by atoms with van der Waals surface area (Å²) in [4.78, 5) is 20.1. The highest BCUT2D eigenvalue weighted by molar-refractivity contribution is 7.89. The minimum atomic E-state index is -4.20. The van der Waals surface area contributed by atoms with E-state index in [-0.39, 0.29) is 12.2 Å². The largest absolute Gasteiger partial charge is 0.476 e. The Bertz CT molecular complexity index is 1900. The first-order valence-corrected chi connectivity index (χ1v) is 16.1. The number of thiazole rings is 2. The van der Waals surface area contributed by atoms with Gasteiger partial charge in [0.25, 0.3) is 0 Å². The lowest BCUT2D eigenvalue weighted by Gasteiger charge is -2.16. The van der Waals surface area contributed by atoms with E-state index in [1.807, 2.05) is 36.6 Å². The molecule has 1 saturated carbocycles. The first kappa shape index (κ1) is 27.5. The highest BCUT2D eigenvalue weighted by atomic mass is 32.2. The number of rotatable bonds is 9. The van der Waals surface area contributed by atoms with Crippen molar-refractivity contribution in [2.24, 2.45) is 11.1 Å². The molecule has 3 heterocycles. The Morgan fingerprint density at radius 3 is 2.51 bits per heavy atom. The molecule has 1 fully saturated rings. The standard InChI is InChI=1S/C29H25FN4O4S3/c1-16-32-23(14-39-16)19-3-2-4-20(11-19)25-12-21(28-33-24(15-40-28)29(35)36)26(10-17-5-6-17)34(25)13-18-7-8-27(22(30)9-18)41(31,37)38/h2-4,7-9,11-12,14-15,17H,5-6,10,13H2,1H3,(H,35,36)(H2,31,37,38). The number of sulfonamides is 1. The molecule has 0 aliphatic heterocycles. The summed E-state index contributed by atoms with van der Waals surface area (Å²) in [6.45, 7) is 2.22. The first-order valence-electron chi connectivity index (χ1n) is 12.8. The van der Waals surface area contributed by atoms with Gasteiger partial charge in [0.2, 0.25) is 10.0 Å². The number of nitrogens with zero attached hydrogens (tertiary/aromatic N) is 3. The van der Waals surface area contributed by atoms with Gasteiger partial charge in [-0.15, -0.1) is 22.7 Å². The first-order chi connectivity index (χ1) is 19.6. The second-order valence-electron chi connectivity index (χ2n) is 10.1. The molecule has 0 unspecified atom stereocenters. The quantitative estimate of drug-likeness (QED) is 0.205. The number of carbonyl (C=O) groups is 1. The number of carboxylic acid groups (broad SMARTS) is 1. The molecule has 0 spiro atoms. The fourth-order valence-corrected chi connectivity index (χ4v) is 6.94. The number of hydrogen-bond acceptors (Lipinski definition) is 7. The van der Waals surface area contributed by atoms with E-state index in [0.29, 0.717) is 16.5 Å². The van der Waals surface area contributed by atoms with Gasteiger partial charge in [-0.05, 0) is 67.5 Å². The second kappa shape index (κ2) is 10.6. The summed E-state index contributed by atoms with van der Waals surface area (Å²) in [5.74, 6) is -1.51. The van der Waals surface area contributed by atoms with Crippen LogP contribution in [0.15, 0.2) is 64.2 Å². The number of aromatic nitrogens is 3. The van der Waals surface area contributed by atoms with Crippen molar-refractivity contribution in [1.29, 1.82) is 0 Å². The van der Waals surface area contributed by atoms with Gasteiger partial charge >= 0.3 is 5.97 Å². The summed E-state index contributed by atoms with van der Waals surface area (Å²) in [6, 6.07) is 14.0. The van der Waals surface area contributed by atoms with Crippen LogP contribution in [-0.4, -0.2) is 34.0 Å². The van der Waals surface area contributed by atoms with Crippen LogP contribution in [0.3, 0.4) is 0 Å². The van der Waals surface area contributed by atoms with E-state index in [1.54, 1.807) is 17.4 Å². The monoisotopic (exact) mass is 608 g/mol. The Morgan fingerprint density at radius 1 is 1.10 bits per heavy atom. The molecule has 8 nitrogen and oxygen atoms in total. The van der Waals surface area contributed by atoms with Crippen molar-refractivity contribution in [2.45, 2.75) is 37.6 Å². The van der Waals surface area contributed by atoms with Crippen LogP contribution in [-0.2, 0) is 23.0 Å². The molecule has 3 aromatic heterocycles. The lowest BCUT2D eigenvalue weighted by atomic mass is 10.1. The maximum absolute atomic E-state index is 14.8. The van der Waals surface area contributed by atoms with E-state index in [0.717, 1.165) is 58.0 Å². The van der Waals surface area contributed by atoms with Gasteiger partial charge in [0.15, 0.2) is 5.69 Å². The van der Waals surface area contributed by atoms with Gasteiger partial charge in [-0.2, -0.15) is 0 Å². The molecule has 210 valence electrons. The van der Waals surface area contributed by atoms with Crippen LogP contribution in [0, 0.1) is 18.7 Å². The molecular weight excluding hydrogens is 584 g/mol. The third kappa shape index (κ3) is 5.73. The van der Waals surface area contributed by atoms with Crippen LogP contribution in [0.4, 0.5) is 4.39 Å². The number of halogens is 1. The third-order valence-electron chi connectivity index (χ3n) is 7.06. The summed E-state index contributed by atoms with van der Waals surface area (Å²) in [6.07, 6.45) is 2.93. The molecule has 1 aliphatic rings. The maximum atomic E-state index is 14.8. The molecule has 3 N–H and O–H groups in total. The van der Waals surface area contributed by atoms with Crippen LogP contribution in [0.1, 0.15) is 39.6 Å². The zero-order valence-electron chi connectivity index (χ0n) is 21.9. The average Bonchev–Trinajstić information content (AvgIpc) is 3.27. The molecule has 0 atom stereocenters. The van der Waals surface area contributed by atoms with Gasteiger partial charge < -0.3 is 9.67 Å². The van der Waals surface area contributed by atoms with Crippen LogP contribution in [0.25, 0.3) is 33.1 Å². The van der Waals surface area contributed by atoms with Crippen LogP contribution in [0.2, 0.25) is 0 Å². The summed E-state index contributed by atoms with van der Waals surface area (Å²) in [7, 11) is -4.20. The van der Waals surface area contributed by atoms with E-state index in [2.05, 4.69) is 20.6 Å². The SMILES string of the molecule is Cc1nc(-c2cccc(-c3cc(-c4nc(C(=O)O)cs4)c(CC4CC4)n3Cc3ccc(S(N)(=O)=O)c(F)c3)c2)cs1. The molecule has 0 saturated heterocycles. The molecule has 41 heavy (non-hydrogen) atoms. The lowest BCUT2D eigenvalue weighted by Crippen LogP contribution is -2.14. The zero-order valence-corrected chi connectivity index (χ0v) is 24.3. The van der Waals surface area contributed by atoms with E-state index in [4.69, 9.17) is 5.14 Å². The molecule has 5 aromatic rings. The minimum Gasteiger partial charge on any atom is -0.476 e. The predicted octanol–water partition coefficient (Wildman–Crippen LogP) is 6.20. The molecule has 0 amide bonds. The fourth-order valence-electron chi connectivity index (χ4n) is 4.89. The predicted molar refractivity (Wildman–Crippen MR) is 157 cm³/mol. The van der Waals surface area contributed by atoms with Crippen molar-refractivity contribution in [3.63, 3.8) is 0 Å². The summed E-state index contributed by atoms with van der Waals surface area (Å²) < 4.78 is 40.5. The summed E-state index contributed by atoms with van der Waals surface area (Å²) in [5.41, 5.74) is 5.94. The molecule has 1 aliphatic carbocycles. The van der Waals surface area contributed by atoms with E-state index in [1.165, 1.54) is 28.8 Å². The molecule has 2 aromatic carbocycles. The van der Waals surface area contributed by atoms with Gasteiger partial charge in [-0.1, -0.05) is 24.3 Å². The zero-order chi connectivity index (χ0) is 28.9. The minimum absolute atomic E-state index is 0.0155. The molecular formula is C29H25FN4O4S3. The lowest BCUT2D eigenvalue weighted by molar-refractivity contribution is 0.0691. The normalized spacial score (nSPS) is 13.5. The number of carboxylic acids is 1. The molecule has 0 radical (unpaired) electrons. The van der Waals surface area contributed by atoms with Gasteiger partial charge in [0, 0.05) is 39.8 Å². The highest BCUT2D eigenvalue weighted by Crippen LogP contribution is 2.41. The fraction of sp³-hybridized carbons (Fsp3) is 0.207. The number of aromatic carboxylic acids is 1. The van der Waals surface area contributed by atoms with Gasteiger partial charge in [0.1, 0.15) is 15.7 Å². The van der Waals surface area contributed by atoms with Gasteiger partial charge in [-0.25, -0.2) is 32.7 Å². The van der Waals surface area contributed by atoms with Crippen molar-refractivity contribution < 1.29 is 22.7 Å². The van der Waals surface area contributed by atoms with Gasteiger partial charge in [-0.3, -0.25) is 0 Å². The Labute approximate surface area is 244 Å². The van der Waals surface area contributed by atoms with Crippen molar-refractivity contribution in [3.05, 3.63) is 87.1 Å². The topological polar surface area (TPSA) is 128 Å². The molecule has 12 heteroatoms. The van der Waals surface area contributed by atoms with Gasteiger partial charge in [0.05, 0.1) is 10.7 Å². The number of primary sulfonamides is 1. The van der Waals surface area contributed by atoms with E-state index in [9.17, 15) is 22.7 Å². The Balaban J connectivity index is 1.52. The Hall–Kier alpha value is -3.71. The summed E-state index contributed by atoms with van der Waals surface area (Å²) in [5, 5.41) is 19.8. The number of benzene rings is 2. The van der Waals surface area contributed by atoms with Crippen LogP contribution in [0.5, 0.6) is 0 Å². The van der Waals surface area contributed by atoms with Crippen molar-refractivity contribution in [1.82, 2.24) is 14.5 Å². The van der Waals surface area contributed by atoms with Crippen molar-refractivity contribution in [3.8, 4) is 33.1 Å². The van der Waals surface area contributed by atoms with E-state index < -0.39 is 26.7 Å². The smallest absolute Gasteiger partial charge is 0.355 e. The molecule has 6 rings (SSSR count). The maximum Gasteiger partial charge on any atom is 0.355 e. The van der Waals surface area contributed by atoms with Crippen LogP contribution >= 0.6 is 22.7 Å². The third-order valence-corrected chi connectivity index (χ3v) is 9.65. The van der Waals surface area contributed by atoms with E-state index >= 15 is 0 Å². The van der Waals surface area contributed by atoms with Crippen LogP contribution < -0.4 is 5.14 Å². The number of nitrogens with two attached hydrogens (primary N) is 1. The van der Waals surface area contributed by atoms with Crippen molar-refractivity contribution in [2.75, 3.05) is 0 Å².